The van der Waals surface area contributed by atoms with E-state index < -0.39 is 0 Å². The van der Waals surface area contributed by atoms with E-state index in [1.165, 1.54) is 20.0 Å². The lowest BCUT2D eigenvalue weighted by Crippen LogP contribution is -2.48. The number of methoxy groups -OCH3 is 1. The Kier molecular flexibility index (Phi) is 6.09. The molecule has 4 heteroatoms. The van der Waals surface area contributed by atoms with Gasteiger partial charge in [0.1, 0.15) is 0 Å². The number of carbonyl (C=O) groups is 1. The van der Waals surface area contributed by atoms with Gasteiger partial charge in [-0.1, -0.05) is 20.8 Å². The molecule has 1 heterocycles. The summed E-state index contributed by atoms with van der Waals surface area (Å²) in [5, 5.41) is 3.64. The summed E-state index contributed by atoms with van der Waals surface area (Å²) in [6.45, 7) is 10.8. The molecule has 0 aromatic carbocycles. The molecule has 106 valence electrons. The minimum Gasteiger partial charge on any atom is -0.469 e. The molecule has 1 rings (SSSR count). The Morgan fingerprint density at radius 3 is 2.78 bits per heavy atom. The van der Waals surface area contributed by atoms with Gasteiger partial charge in [0.05, 0.1) is 13.5 Å². The largest absolute Gasteiger partial charge is 0.469 e. The van der Waals surface area contributed by atoms with Crippen molar-refractivity contribution < 1.29 is 9.53 Å². The Balaban J connectivity index is 2.26. The normalized spacial score (nSPS) is 21.9. The molecule has 1 fully saturated rings. The van der Waals surface area contributed by atoms with Crippen molar-refractivity contribution in [3.05, 3.63) is 0 Å². The van der Waals surface area contributed by atoms with Crippen LogP contribution in [-0.4, -0.2) is 50.2 Å². The standard InChI is InChI=1S/C14H28N2O2/c1-14(2,3)11-15-12-6-5-8-16(10-12)9-7-13(17)18-4/h12,15H,5-11H2,1-4H3. The molecule has 0 saturated carbocycles. The molecular weight excluding hydrogens is 228 g/mol. The fourth-order valence-corrected chi connectivity index (χ4v) is 2.23. The van der Waals surface area contributed by atoms with Gasteiger partial charge in [-0.15, -0.1) is 0 Å². The molecule has 18 heavy (non-hydrogen) atoms. The maximum Gasteiger partial charge on any atom is 0.306 e. The molecule has 0 radical (unpaired) electrons. The van der Waals surface area contributed by atoms with Gasteiger partial charge in [0.15, 0.2) is 0 Å². The first-order valence-corrected chi connectivity index (χ1v) is 6.93. The fraction of sp³-hybridized carbons (Fsp3) is 0.929. The van der Waals surface area contributed by atoms with Gasteiger partial charge >= 0.3 is 5.97 Å². The summed E-state index contributed by atoms with van der Waals surface area (Å²) in [5.74, 6) is -0.111. The Morgan fingerprint density at radius 2 is 2.17 bits per heavy atom. The zero-order valence-corrected chi connectivity index (χ0v) is 12.3. The zero-order valence-electron chi connectivity index (χ0n) is 12.3. The van der Waals surface area contributed by atoms with Crippen molar-refractivity contribution in [1.29, 1.82) is 0 Å². The predicted octanol–water partition coefficient (Wildman–Crippen LogP) is 1.65. The number of hydrogen-bond acceptors (Lipinski definition) is 4. The number of piperidine rings is 1. The van der Waals surface area contributed by atoms with Crippen molar-refractivity contribution in [3.8, 4) is 0 Å². The van der Waals surface area contributed by atoms with Gasteiger partial charge in [-0.25, -0.2) is 0 Å². The molecule has 0 aromatic rings. The molecule has 0 bridgehead atoms. The molecule has 0 aliphatic carbocycles. The van der Waals surface area contributed by atoms with Gasteiger partial charge in [-0.3, -0.25) is 4.79 Å². The Bertz CT molecular complexity index is 261. The van der Waals surface area contributed by atoms with Crippen LogP contribution in [0.4, 0.5) is 0 Å². The molecule has 1 atom stereocenters. The Hall–Kier alpha value is -0.610. The van der Waals surface area contributed by atoms with Crippen LogP contribution in [0.15, 0.2) is 0 Å². The van der Waals surface area contributed by atoms with Crippen molar-refractivity contribution in [2.75, 3.05) is 33.3 Å². The van der Waals surface area contributed by atoms with Gasteiger partial charge in [0.25, 0.3) is 0 Å². The third-order valence-electron chi connectivity index (χ3n) is 3.29. The lowest BCUT2D eigenvalue weighted by atomic mass is 9.95. The summed E-state index contributed by atoms with van der Waals surface area (Å²) in [6.07, 6.45) is 2.95. The number of carbonyl (C=O) groups excluding carboxylic acids is 1. The number of rotatable bonds is 5. The number of hydrogen-bond donors (Lipinski definition) is 1. The van der Waals surface area contributed by atoms with E-state index >= 15 is 0 Å². The SMILES string of the molecule is COC(=O)CCN1CCCC(NCC(C)(C)C)C1. The summed E-state index contributed by atoms with van der Waals surface area (Å²) in [5.41, 5.74) is 0.328. The highest BCUT2D eigenvalue weighted by Gasteiger charge is 2.21. The zero-order chi connectivity index (χ0) is 13.6. The molecule has 4 nitrogen and oxygen atoms in total. The average Bonchev–Trinajstić information content (AvgIpc) is 2.33. The fourth-order valence-electron chi connectivity index (χ4n) is 2.23. The molecule has 1 unspecified atom stereocenters. The first-order chi connectivity index (χ1) is 8.40. The molecule has 1 saturated heterocycles. The molecule has 1 N–H and O–H groups in total. The van der Waals surface area contributed by atoms with Crippen LogP contribution in [0, 0.1) is 5.41 Å². The number of esters is 1. The molecule has 0 aromatic heterocycles. The van der Waals surface area contributed by atoms with Crippen LogP contribution >= 0.6 is 0 Å². The van der Waals surface area contributed by atoms with E-state index in [0.29, 0.717) is 17.9 Å². The first kappa shape index (κ1) is 15.4. The van der Waals surface area contributed by atoms with Crippen molar-refractivity contribution in [3.63, 3.8) is 0 Å². The summed E-state index contributed by atoms with van der Waals surface area (Å²) in [7, 11) is 1.45. The third kappa shape index (κ3) is 6.36. The maximum atomic E-state index is 11.1. The van der Waals surface area contributed by atoms with Crippen LogP contribution in [0.5, 0.6) is 0 Å². The smallest absolute Gasteiger partial charge is 0.306 e. The van der Waals surface area contributed by atoms with E-state index in [9.17, 15) is 4.79 Å². The second-order valence-corrected chi connectivity index (χ2v) is 6.41. The van der Waals surface area contributed by atoms with Crippen molar-refractivity contribution >= 4 is 5.97 Å². The molecule has 0 spiro atoms. The van der Waals surface area contributed by atoms with Gasteiger partial charge < -0.3 is 15.0 Å². The van der Waals surface area contributed by atoms with Gasteiger partial charge in [-0.2, -0.15) is 0 Å². The second kappa shape index (κ2) is 7.10. The van der Waals surface area contributed by atoms with Crippen LogP contribution in [0.2, 0.25) is 0 Å². The predicted molar refractivity (Wildman–Crippen MR) is 73.6 cm³/mol. The van der Waals surface area contributed by atoms with E-state index in [4.69, 9.17) is 0 Å². The molecular formula is C14H28N2O2. The van der Waals surface area contributed by atoms with E-state index in [-0.39, 0.29) is 5.97 Å². The highest BCUT2D eigenvalue weighted by Crippen LogP contribution is 2.14. The quantitative estimate of drug-likeness (QED) is 0.760. The van der Waals surface area contributed by atoms with E-state index in [1.54, 1.807) is 0 Å². The molecule has 0 amide bonds. The third-order valence-corrected chi connectivity index (χ3v) is 3.29. The van der Waals surface area contributed by atoms with Gasteiger partial charge in [0.2, 0.25) is 0 Å². The van der Waals surface area contributed by atoms with Gasteiger partial charge in [-0.05, 0) is 24.8 Å². The monoisotopic (exact) mass is 256 g/mol. The maximum absolute atomic E-state index is 11.1. The lowest BCUT2D eigenvalue weighted by molar-refractivity contribution is -0.141. The highest BCUT2D eigenvalue weighted by molar-refractivity contribution is 5.69. The number of ether oxygens (including phenoxy) is 1. The Morgan fingerprint density at radius 1 is 1.44 bits per heavy atom. The first-order valence-electron chi connectivity index (χ1n) is 6.93. The van der Waals surface area contributed by atoms with Crippen molar-refractivity contribution in [2.45, 2.75) is 46.1 Å². The number of likely N-dealkylation sites (tertiary alicyclic amines) is 1. The number of nitrogens with one attached hydrogen (secondary N) is 1. The van der Waals surface area contributed by atoms with E-state index in [2.05, 4.69) is 35.7 Å². The van der Waals surface area contributed by atoms with Crippen LogP contribution in [0.25, 0.3) is 0 Å². The summed E-state index contributed by atoms with van der Waals surface area (Å²) in [6, 6.07) is 0.565. The van der Waals surface area contributed by atoms with Crippen LogP contribution in [-0.2, 0) is 9.53 Å². The summed E-state index contributed by atoms with van der Waals surface area (Å²) >= 11 is 0. The van der Waals surface area contributed by atoms with Crippen LogP contribution in [0.3, 0.4) is 0 Å². The Labute approximate surface area is 111 Å². The minimum atomic E-state index is -0.111. The lowest BCUT2D eigenvalue weighted by Gasteiger charge is -2.34. The van der Waals surface area contributed by atoms with E-state index in [0.717, 1.165) is 26.2 Å². The number of nitrogens with zero attached hydrogens (tertiary/aromatic N) is 1. The van der Waals surface area contributed by atoms with E-state index in [1.807, 2.05) is 0 Å². The van der Waals surface area contributed by atoms with Gasteiger partial charge in [0, 0.05) is 25.7 Å². The second-order valence-electron chi connectivity index (χ2n) is 6.41. The van der Waals surface area contributed by atoms with Crippen LogP contribution in [0.1, 0.15) is 40.0 Å². The van der Waals surface area contributed by atoms with Crippen LogP contribution < -0.4 is 5.32 Å². The summed E-state index contributed by atoms with van der Waals surface area (Å²) in [4.78, 5) is 13.5. The highest BCUT2D eigenvalue weighted by atomic mass is 16.5. The van der Waals surface area contributed by atoms with Crippen molar-refractivity contribution in [2.24, 2.45) is 5.41 Å². The van der Waals surface area contributed by atoms with Crippen molar-refractivity contribution in [1.82, 2.24) is 10.2 Å². The minimum absolute atomic E-state index is 0.111. The topological polar surface area (TPSA) is 41.6 Å². The molecule has 1 aliphatic heterocycles. The summed E-state index contributed by atoms with van der Waals surface area (Å²) < 4.78 is 4.68. The molecule has 1 aliphatic rings. The average molecular weight is 256 g/mol.